The molecule has 4 aromatic carbocycles. The third-order valence-electron chi connectivity index (χ3n) is 6.79. The Balaban J connectivity index is 1.78. The zero-order valence-electron chi connectivity index (χ0n) is 23.7. The van der Waals surface area contributed by atoms with Crippen LogP contribution in [0.5, 0.6) is 0 Å². The van der Waals surface area contributed by atoms with Gasteiger partial charge in [0.1, 0.15) is 12.6 Å². The van der Waals surface area contributed by atoms with Gasteiger partial charge >= 0.3 is 0 Å². The fraction of sp³-hybridized carbons (Fsp3) is 0.212. The minimum atomic E-state index is -4.14. The molecule has 0 unspecified atom stereocenters. The smallest absolute Gasteiger partial charge is 0.264 e. The van der Waals surface area contributed by atoms with Crippen LogP contribution in [0.3, 0.4) is 0 Å². The van der Waals surface area contributed by atoms with Crippen LogP contribution in [0, 0.1) is 0 Å². The predicted molar refractivity (Wildman–Crippen MR) is 177 cm³/mol. The zero-order chi connectivity index (χ0) is 30.8. The molecule has 224 valence electrons. The molecule has 4 rings (SSSR count). The van der Waals surface area contributed by atoms with Crippen molar-refractivity contribution in [2.24, 2.45) is 0 Å². The molecule has 1 N–H and O–H groups in total. The molecule has 0 heterocycles. The second kappa shape index (κ2) is 15.3. The van der Waals surface area contributed by atoms with Crippen LogP contribution < -0.4 is 9.62 Å². The quantitative estimate of drug-likeness (QED) is 0.169. The molecule has 0 fully saturated rings. The summed E-state index contributed by atoms with van der Waals surface area (Å²) in [7, 11) is -4.14. The van der Waals surface area contributed by atoms with Crippen LogP contribution in [0.15, 0.2) is 123 Å². The van der Waals surface area contributed by atoms with Crippen molar-refractivity contribution in [3.8, 4) is 0 Å². The number of rotatable bonds is 13. The average Bonchev–Trinajstić information content (AvgIpc) is 3.02. The molecule has 10 heteroatoms. The van der Waals surface area contributed by atoms with Crippen LogP contribution in [0.1, 0.15) is 24.5 Å². The van der Waals surface area contributed by atoms with E-state index in [1.54, 1.807) is 42.5 Å². The fourth-order valence-corrected chi connectivity index (χ4v) is 6.66. The molecule has 0 aromatic heterocycles. The second-order valence-corrected chi connectivity index (χ2v) is 13.6. The molecule has 0 aliphatic heterocycles. The maximum atomic E-state index is 14.4. The summed E-state index contributed by atoms with van der Waals surface area (Å²) in [5.74, 6) is -0.800. The fourth-order valence-electron chi connectivity index (χ4n) is 4.59. The number of nitrogens with zero attached hydrogens (tertiary/aromatic N) is 2. The van der Waals surface area contributed by atoms with Crippen LogP contribution in [-0.2, 0) is 32.6 Å². The summed E-state index contributed by atoms with van der Waals surface area (Å²) in [4.78, 5) is 29.6. The number of sulfonamides is 1. The molecule has 0 saturated heterocycles. The van der Waals surface area contributed by atoms with E-state index in [-0.39, 0.29) is 23.8 Å². The molecular formula is C33H33Br2N3O4S. The topological polar surface area (TPSA) is 86.8 Å². The summed E-state index contributed by atoms with van der Waals surface area (Å²) in [6.07, 6.45) is 0.997. The molecule has 0 spiro atoms. The number of carbonyl (C=O) groups excluding carboxylic acids is 2. The SMILES string of the molecule is CCCNC(=O)[C@H](Cc1ccccc1)N(Cc1ccc(Br)cc1)C(=O)CN(c1cccc(Br)c1)S(=O)(=O)c1ccccc1. The van der Waals surface area contributed by atoms with Crippen molar-refractivity contribution in [2.45, 2.75) is 37.2 Å². The largest absolute Gasteiger partial charge is 0.354 e. The Hall–Kier alpha value is -3.47. The number of nitrogens with one attached hydrogen (secondary N) is 1. The monoisotopic (exact) mass is 725 g/mol. The lowest BCUT2D eigenvalue weighted by Crippen LogP contribution is -2.53. The van der Waals surface area contributed by atoms with Gasteiger partial charge in [-0.2, -0.15) is 0 Å². The third-order valence-corrected chi connectivity index (χ3v) is 9.60. The predicted octanol–water partition coefficient (Wildman–Crippen LogP) is 6.57. The molecule has 0 aliphatic rings. The highest BCUT2D eigenvalue weighted by Crippen LogP contribution is 2.27. The molecule has 7 nitrogen and oxygen atoms in total. The number of hydrogen-bond acceptors (Lipinski definition) is 4. The van der Waals surface area contributed by atoms with Gasteiger partial charge in [-0.3, -0.25) is 13.9 Å². The zero-order valence-corrected chi connectivity index (χ0v) is 27.7. The Morgan fingerprint density at radius 3 is 2.07 bits per heavy atom. The minimum Gasteiger partial charge on any atom is -0.354 e. The molecule has 0 saturated carbocycles. The first-order chi connectivity index (χ1) is 20.7. The molecule has 0 aliphatic carbocycles. The number of benzene rings is 4. The first-order valence-electron chi connectivity index (χ1n) is 13.9. The van der Waals surface area contributed by atoms with E-state index < -0.39 is 28.5 Å². The number of hydrogen-bond donors (Lipinski definition) is 1. The number of anilines is 1. The van der Waals surface area contributed by atoms with Gasteiger partial charge in [0.2, 0.25) is 11.8 Å². The van der Waals surface area contributed by atoms with Crippen molar-refractivity contribution in [3.63, 3.8) is 0 Å². The molecule has 4 aromatic rings. The molecule has 43 heavy (non-hydrogen) atoms. The van der Waals surface area contributed by atoms with E-state index in [0.717, 1.165) is 26.3 Å². The van der Waals surface area contributed by atoms with Gasteiger partial charge in [-0.15, -0.1) is 0 Å². The van der Waals surface area contributed by atoms with E-state index in [9.17, 15) is 18.0 Å². The van der Waals surface area contributed by atoms with Crippen LogP contribution in [-0.4, -0.2) is 44.3 Å². The molecule has 0 bridgehead atoms. The van der Waals surface area contributed by atoms with Gasteiger partial charge in [-0.25, -0.2) is 8.42 Å². The van der Waals surface area contributed by atoms with Crippen LogP contribution in [0.2, 0.25) is 0 Å². The summed E-state index contributed by atoms with van der Waals surface area (Å²) in [5.41, 5.74) is 2.01. The Labute approximate surface area is 270 Å². The first-order valence-corrected chi connectivity index (χ1v) is 16.9. The van der Waals surface area contributed by atoms with Gasteiger partial charge in [0.25, 0.3) is 10.0 Å². The highest BCUT2D eigenvalue weighted by molar-refractivity contribution is 9.10. The Morgan fingerprint density at radius 2 is 1.44 bits per heavy atom. The summed E-state index contributed by atoms with van der Waals surface area (Å²) in [6.45, 7) is 2.02. The van der Waals surface area contributed by atoms with Crippen molar-refractivity contribution in [2.75, 3.05) is 17.4 Å². The lowest BCUT2D eigenvalue weighted by atomic mass is 10.0. The van der Waals surface area contributed by atoms with Gasteiger partial charge in [0.05, 0.1) is 10.6 Å². The minimum absolute atomic E-state index is 0.0590. The van der Waals surface area contributed by atoms with Crippen molar-refractivity contribution >= 4 is 59.4 Å². The summed E-state index contributed by atoms with van der Waals surface area (Å²) >= 11 is 6.88. The van der Waals surface area contributed by atoms with Gasteiger partial charge in [-0.05, 0) is 60.0 Å². The molecular weight excluding hydrogens is 694 g/mol. The van der Waals surface area contributed by atoms with E-state index in [1.807, 2.05) is 61.5 Å². The standard InChI is InChI=1S/C33H33Br2N3O4S/c1-2-20-36-33(40)31(21-25-10-5-3-6-11-25)37(23-26-16-18-27(34)19-17-26)32(39)24-38(29-13-9-12-28(35)22-29)43(41,42)30-14-7-4-8-15-30/h3-19,22,31H,2,20-21,23-24H2,1H3,(H,36,40)/t31-/m0/s1. The van der Waals surface area contributed by atoms with Crippen LogP contribution in [0.4, 0.5) is 5.69 Å². The molecule has 0 radical (unpaired) electrons. The number of carbonyl (C=O) groups is 2. The van der Waals surface area contributed by atoms with Gasteiger partial charge in [0, 0.05) is 28.5 Å². The second-order valence-electron chi connectivity index (χ2n) is 9.95. The van der Waals surface area contributed by atoms with Gasteiger partial charge < -0.3 is 10.2 Å². The van der Waals surface area contributed by atoms with Gasteiger partial charge in [0.15, 0.2) is 0 Å². The van der Waals surface area contributed by atoms with E-state index >= 15 is 0 Å². The highest BCUT2D eigenvalue weighted by atomic mass is 79.9. The summed E-state index contributed by atoms with van der Waals surface area (Å²) in [6, 6.07) is 30.9. The highest BCUT2D eigenvalue weighted by Gasteiger charge is 2.34. The Bertz CT molecular complexity index is 1620. The molecule has 2 amide bonds. The van der Waals surface area contributed by atoms with E-state index in [4.69, 9.17) is 0 Å². The lowest BCUT2D eigenvalue weighted by molar-refractivity contribution is -0.140. The van der Waals surface area contributed by atoms with Crippen molar-refractivity contribution < 1.29 is 18.0 Å². The van der Waals surface area contributed by atoms with Crippen molar-refractivity contribution in [1.82, 2.24) is 10.2 Å². The maximum Gasteiger partial charge on any atom is 0.264 e. The van der Waals surface area contributed by atoms with Crippen molar-refractivity contribution in [3.05, 3.63) is 129 Å². The average molecular weight is 728 g/mol. The normalized spacial score (nSPS) is 11.9. The number of amides is 2. The van der Waals surface area contributed by atoms with Crippen LogP contribution in [0.25, 0.3) is 0 Å². The summed E-state index contributed by atoms with van der Waals surface area (Å²) in [5, 5.41) is 2.95. The lowest BCUT2D eigenvalue weighted by Gasteiger charge is -2.34. The Kier molecular flexibility index (Phi) is 11.6. The van der Waals surface area contributed by atoms with E-state index in [1.165, 1.54) is 17.0 Å². The van der Waals surface area contributed by atoms with Crippen molar-refractivity contribution in [1.29, 1.82) is 0 Å². The summed E-state index contributed by atoms with van der Waals surface area (Å²) < 4.78 is 30.6. The Morgan fingerprint density at radius 1 is 0.791 bits per heavy atom. The number of halogens is 2. The van der Waals surface area contributed by atoms with E-state index in [0.29, 0.717) is 16.7 Å². The van der Waals surface area contributed by atoms with Crippen LogP contribution >= 0.6 is 31.9 Å². The van der Waals surface area contributed by atoms with Gasteiger partial charge in [-0.1, -0.05) is 106 Å². The maximum absolute atomic E-state index is 14.4. The first kappa shape index (κ1) is 32.4. The third kappa shape index (κ3) is 8.78. The van der Waals surface area contributed by atoms with E-state index in [2.05, 4.69) is 37.2 Å². The molecule has 1 atom stereocenters.